The molecule has 31 heavy (non-hydrogen) atoms. The van der Waals surface area contributed by atoms with Crippen molar-refractivity contribution in [1.29, 1.82) is 0 Å². The van der Waals surface area contributed by atoms with Crippen molar-refractivity contribution in [3.63, 3.8) is 0 Å². The van der Waals surface area contributed by atoms with Crippen LogP contribution in [0.5, 0.6) is 0 Å². The van der Waals surface area contributed by atoms with E-state index in [2.05, 4.69) is 10.0 Å². The van der Waals surface area contributed by atoms with Crippen LogP contribution >= 0.6 is 0 Å². The van der Waals surface area contributed by atoms with Crippen LogP contribution in [0, 0.1) is 0 Å². The van der Waals surface area contributed by atoms with Gasteiger partial charge in [-0.1, -0.05) is 36.4 Å². The Morgan fingerprint density at radius 3 is 2.45 bits per heavy atom. The Kier molecular flexibility index (Phi) is 8.71. The molecule has 0 atom stereocenters. The number of nitrogens with zero attached hydrogens (tertiary/aromatic N) is 1. The lowest BCUT2D eigenvalue weighted by Gasteiger charge is -2.17. The summed E-state index contributed by atoms with van der Waals surface area (Å²) in [7, 11) is -0.710. The van der Waals surface area contributed by atoms with E-state index >= 15 is 0 Å². The predicted octanol–water partition coefficient (Wildman–Crippen LogP) is 2.15. The maximum Gasteiger partial charge on any atom is 0.409 e. The Labute approximate surface area is 181 Å². The molecule has 0 radical (unpaired) electrons. The van der Waals surface area contributed by atoms with Gasteiger partial charge in [0, 0.05) is 25.6 Å². The van der Waals surface area contributed by atoms with Gasteiger partial charge in [0.05, 0.1) is 11.4 Å². The molecule has 0 aliphatic carbocycles. The first kappa shape index (κ1) is 24.0. The molecule has 0 fully saturated rings. The Balaban J connectivity index is 2.02. The summed E-state index contributed by atoms with van der Waals surface area (Å²) in [6.07, 6.45) is -0.174. The van der Waals surface area contributed by atoms with Gasteiger partial charge in [-0.25, -0.2) is 17.9 Å². The fourth-order valence-corrected chi connectivity index (χ4v) is 3.48. The van der Waals surface area contributed by atoms with Crippen LogP contribution < -0.4 is 10.0 Å². The van der Waals surface area contributed by atoms with E-state index in [1.165, 1.54) is 37.2 Å². The highest BCUT2D eigenvalue weighted by Gasteiger charge is 2.18. The molecule has 0 aliphatic heterocycles. The Morgan fingerprint density at radius 2 is 1.81 bits per heavy atom. The summed E-state index contributed by atoms with van der Waals surface area (Å²) in [6, 6.07) is 13.6. The van der Waals surface area contributed by atoms with Crippen molar-refractivity contribution in [1.82, 2.24) is 9.62 Å². The second-order valence-electron chi connectivity index (χ2n) is 6.74. The van der Waals surface area contributed by atoms with E-state index in [4.69, 9.17) is 4.74 Å². The summed E-state index contributed by atoms with van der Waals surface area (Å²) in [5, 5.41) is 2.44. The molecular formula is C21H25N3O6S. The minimum Gasteiger partial charge on any atom is -0.445 e. The molecule has 2 aromatic rings. The summed E-state index contributed by atoms with van der Waals surface area (Å²) >= 11 is 0. The minimum absolute atomic E-state index is 0.0350. The molecule has 0 saturated carbocycles. The van der Waals surface area contributed by atoms with E-state index in [9.17, 15) is 22.8 Å². The monoisotopic (exact) mass is 447 g/mol. The van der Waals surface area contributed by atoms with Crippen LogP contribution in [-0.2, 0) is 31.9 Å². The molecule has 0 bridgehead atoms. The first-order valence-electron chi connectivity index (χ1n) is 9.45. The van der Waals surface area contributed by atoms with Gasteiger partial charge in [-0.3, -0.25) is 9.59 Å². The van der Waals surface area contributed by atoms with Gasteiger partial charge in [0.25, 0.3) is 0 Å². The van der Waals surface area contributed by atoms with E-state index in [-0.39, 0.29) is 42.4 Å². The fraction of sp³-hybridized carbons (Fsp3) is 0.286. The first-order valence-corrected chi connectivity index (χ1v) is 11.1. The highest BCUT2D eigenvalue weighted by Crippen LogP contribution is 2.20. The number of nitrogens with one attached hydrogen (secondary N) is 2. The molecule has 9 nitrogen and oxygen atoms in total. The van der Waals surface area contributed by atoms with Crippen molar-refractivity contribution in [3.05, 3.63) is 65.2 Å². The number of ketones is 1. The van der Waals surface area contributed by atoms with Gasteiger partial charge in [-0.05, 0) is 30.3 Å². The molecule has 0 saturated heterocycles. The minimum atomic E-state index is -3.53. The van der Waals surface area contributed by atoms with E-state index in [0.29, 0.717) is 12.0 Å². The second-order valence-corrected chi connectivity index (χ2v) is 8.67. The molecule has 2 rings (SSSR count). The zero-order chi connectivity index (χ0) is 22.9. The lowest BCUT2D eigenvalue weighted by Crippen LogP contribution is -2.29. The number of carbonyl (C=O) groups is 3. The van der Waals surface area contributed by atoms with Gasteiger partial charge >= 0.3 is 6.09 Å². The quantitative estimate of drug-likeness (QED) is 0.402. The van der Waals surface area contributed by atoms with E-state index in [0.717, 1.165) is 5.56 Å². The number of hydrogen-bond donors (Lipinski definition) is 2. The topological polar surface area (TPSA) is 122 Å². The van der Waals surface area contributed by atoms with Crippen LogP contribution in [0.15, 0.2) is 48.5 Å². The van der Waals surface area contributed by atoms with Gasteiger partial charge in [0.15, 0.2) is 5.78 Å². The summed E-state index contributed by atoms with van der Waals surface area (Å²) in [5.74, 6) is -0.660. The number of anilines is 1. The smallest absolute Gasteiger partial charge is 0.409 e. The summed E-state index contributed by atoms with van der Waals surface area (Å²) in [4.78, 5) is 37.0. The lowest BCUT2D eigenvalue weighted by atomic mass is 10.0. The number of sulfonamides is 1. The SMILES string of the molecule is CNS(=O)(=O)Cc1ccc(NC=O)c(C(=O)CCN(C)C(=O)OCc2ccccc2)c1. The number of amides is 2. The molecule has 2 aromatic carbocycles. The highest BCUT2D eigenvalue weighted by atomic mass is 32.2. The zero-order valence-electron chi connectivity index (χ0n) is 17.3. The molecule has 0 unspecified atom stereocenters. The third kappa shape index (κ3) is 7.50. The first-order chi connectivity index (χ1) is 14.8. The van der Waals surface area contributed by atoms with Gasteiger partial charge in [0.1, 0.15) is 6.61 Å². The summed E-state index contributed by atoms with van der Waals surface area (Å²) in [6.45, 7) is 0.208. The van der Waals surface area contributed by atoms with E-state index in [1.807, 2.05) is 30.3 Å². The van der Waals surface area contributed by atoms with Crippen LogP contribution in [0.25, 0.3) is 0 Å². The van der Waals surface area contributed by atoms with Crippen molar-refractivity contribution in [3.8, 4) is 0 Å². The number of hydrogen-bond acceptors (Lipinski definition) is 6. The number of carbonyl (C=O) groups excluding carboxylic acids is 3. The van der Waals surface area contributed by atoms with Crippen LogP contribution in [0.1, 0.15) is 27.9 Å². The van der Waals surface area contributed by atoms with Crippen LogP contribution in [0.4, 0.5) is 10.5 Å². The molecular weight excluding hydrogens is 422 g/mol. The number of benzene rings is 2. The molecule has 166 valence electrons. The molecule has 10 heteroatoms. The second kappa shape index (κ2) is 11.2. The predicted molar refractivity (Wildman–Crippen MR) is 116 cm³/mol. The molecule has 2 N–H and O–H groups in total. The van der Waals surface area contributed by atoms with Crippen molar-refractivity contribution in [2.75, 3.05) is 26.0 Å². The maximum absolute atomic E-state index is 12.7. The fourth-order valence-electron chi connectivity index (χ4n) is 2.72. The number of rotatable bonds is 11. The van der Waals surface area contributed by atoms with Crippen LogP contribution in [0.2, 0.25) is 0 Å². The van der Waals surface area contributed by atoms with Gasteiger partial charge in [-0.15, -0.1) is 0 Å². The Morgan fingerprint density at radius 1 is 1.10 bits per heavy atom. The number of Topliss-reactive ketones (excluding diaryl/α,β-unsaturated/α-hetero) is 1. The van der Waals surface area contributed by atoms with Gasteiger partial charge < -0.3 is 15.0 Å². The van der Waals surface area contributed by atoms with E-state index < -0.39 is 16.1 Å². The van der Waals surface area contributed by atoms with Crippen LogP contribution in [-0.4, -0.2) is 52.2 Å². The van der Waals surface area contributed by atoms with Gasteiger partial charge in [-0.2, -0.15) is 0 Å². The highest BCUT2D eigenvalue weighted by molar-refractivity contribution is 7.88. The van der Waals surface area contributed by atoms with Crippen molar-refractivity contribution >= 4 is 34.0 Å². The average Bonchev–Trinajstić information content (AvgIpc) is 2.77. The summed E-state index contributed by atoms with van der Waals surface area (Å²) in [5.41, 5.74) is 1.67. The van der Waals surface area contributed by atoms with Crippen molar-refractivity contribution in [2.45, 2.75) is 18.8 Å². The molecule has 0 heterocycles. The normalized spacial score (nSPS) is 10.9. The Bertz CT molecular complexity index is 1020. The van der Waals surface area contributed by atoms with Crippen molar-refractivity contribution < 1.29 is 27.5 Å². The van der Waals surface area contributed by atoms with Crippen LogP contribution in [0.3, 0.4) is 0 Å². The summed E-state index contributed by atoms with van der Waals surface area (Å²) < 4.78 is 31.0. The zero-order valence-corrected chi connectivity index (χ0v) is 18.1. The largest absolute Gasteiger partial charge is 0.445 e. The third-order valence-electron chi connectivity index (χ3n) is 4.46. The molecule has 0 spiro atoms. The molecule has 0 aromatic heterocycles. The number of ether oxygens (including phenoxy) is 1. The standard InChI is InChI=1S/C21H25N3O6S/c1-22-31(28,29)14-17-8-9-19(23-15-25)18(12-17)20(26)10-11-24(2)21(27)30-13-16-6-4-3-5-7-16/h3-9,12,15,22H,10-11,13-14H2,1-2H3,(H,23,25). The average molecular weight is 448 g/mol. The molecule has 2 amide bonds. The van der Waals surface area contributed by atoms with E-state index in [1.54, 1.807) is 0 Å². The van der Waals surface area contributed by atoms with Gasteiger partial charge in [0.2, 0.25) is 16.4 Å². The Hall–Kier alpha value is -3.24. The maximum atomic E-state index is 12.7. The molecule has 0 aliphatic rings. The third-order valence-corrected chi connectivity index (χ3v) is 5.79. The van der Waals surface area contributed by atoms with Crippen molar-refractivity contribution in [2.24, 2.45) is 0 Å². The lowest BCUT2D eigenvalue weighted by molar-refractivity contribution is -0.105.